The summed E-state index contributed by atoms with van der Waals surface area (Å²) in [6.45, 7) is 3.15. The molecule has 0 saturated heterocycles. The normalized spacial score (nSPS) is 12.5. The number of benzene rings is 1. The van der Waals surface area contributed by atoms with Gasteiger partial charge in [-0.2, -0.15) is 4.68 Å². The number of unbranched alkanes of at least 4 members (excludes halogenated alkanes) is 1. The van der Waals surface area contributed by atoms with Gasteiger partial charge in [0.2, 0.25) is 5.16 Å². The molecule has 114 valence electrons. The first kappa shape index (κ1) is 15.9. The van der Waals surface area contributed by atoms with Crippen molar-refractivity contribution in [3.63, 3.8) is 0 Å². The highest BCUT2D eigenvalue weighted by molar-refractivity contribution is 7.99. The zero-order valence-electron chi connectivity index (χ0n) is 12.1. The average Bonchev–Trinajstić information content (AvgIpc) is 2.99. The molecule has 6 nitrogen and oxygen atoms in total. The maximum Gasteiger partial charge on any atom is 0.214 e. The fourth-order valence-corrected chi connectivity index (χ4v) is 2.48. The molecule has 1 N–H and O–H groups in total. The van der Waals surface area contributed by atoms with Crippen molar-refractivity contribution in [1.29, 1.82) is 0 Å². The van der Waals surface area contributed by atoms with Crippen molar-refractivity contribution in [3.8, 4) is 5.69 Å². The minimum Gasteiger partial charge on any atom is -0.390 e. The lowest BCUT2D eigenvalue weighted by Crippen LogP contribution is -2.18. The Balaban J connectivity index is 1.83. The first-order valence-electron chi connectivity index (χ1n) is 7.03. The van der Waals surface area contributed by atoms with Gasteiger partial charge in [0.25, 0.3) is 0 Å². The highest BCUT2D eigenvalue weighted by atomic mass is 32.2. The first-order valence-corrected chi connectivity index (χ1v) is 8.02. The summed E-state index contributed by atoms with van der Waals surface area (Å²) in [6.07, 6.45) is 1.59. The predicted molar refractivity (Wildman–Crippen MR) is 81.6 cm³/mol. The van der Waals surface area contributed by atoms with Gasteiger partial charge in [-0.1, -0.05) is 43.3 Å². The molecule has 0 bridgehead atoms. The molecule has 2 aromatic rings. The fourth-order valence-electron chi connectivity index (χ4n) is 1.68. The summed E-state index contributed by atoms with van der Waals surface area (Å²) in [5.41, 5.74) is 0.902. The number of ether oxygens (including phenoxy) is 1. The first-order chi connectivity index (χ1) is 10.3. The molecule has 1 atom stereocenters. The second-order valence-electron chi connectivity index (χ2n) is 4.60. The van der Waals surface area contributed by atoms with Gasteiger partial charge in [-0.15, -0.1) is 5.10 Å². The van der Waals surface area contributed by atoms with Crippen molar-refractivity contribution in [2.24, 2.45) is 0 Å². The van der Waals surface area contributed by atoms with Crippen molar-refractivity contribution in [2.45, 2.75) is 31.0 Å². The van der Waals surface area contributed by atoms with Crippen LogP contribution in [-0.4, -0.2) is 50.4 Å². The molecule has 7 heteroatoms. The van der Waals surface area contributed by atoms with E-state index < -0.39 is 6.10 Å². The van der Waals surface area contributed by atoms with Crippen molar-refractivity contribution in [1.82, 2.24) is 20.2 Å². The summed E-state index contributed by atoms with van der Waals surface area (Å²) in [5, 5.41) is 22.2. The Labute approximate surface area is 128 Å². The molecule has 1 aromatic carbocycles. The lowest BCUT2D eigenvalue weighted by atomic mass is 10.3. The molecule has 21 heavy (non-hydrogen) atoms. The molecular weight excluding hydrogens is 288 g/mol. The molecule has 0 aliphatic rings. The van der Waals surface area contributed by atoms with E-state index in [-0.39, 0.29) is 0 Å². The Bertz CT molecular complexity index is 521. The van der Waals surface area contributed by atoms with E-state index in [9.17, 15) is 5.11 Å². The van der Waals surface area contributed by atoms with E-state index in [1.165, 1.54) is 11.8 Å². The van der Waals surface area contributed by atoms with Crippen LogP contribution in [0, 0.1) is 0 Å². The molecule has 1 unspecified atom stereocenters. The number of rotatable bonds is 9. The van der Waals surface area contributed by atoms with Crippen molar-refractivity contribution >= 4 is 11.8 Å². The van der Waals surface area contributed by atoms with E-state index >= 15 is 0 Å². The molecule has 1 aromatic heterocycles. The number of hydrogen-bond acceptors (Lipinski definition) is 6. The lowest BCUT2D eigenvalue weighted by molar-refractivity contribution is 0.0473. The Morgan fingerprint density at radius 3 is 2.90 bits per heavy atom. The quantitative estimate of drug-likeness (QED) is 0.564. The number of aliphatic hydroxyl groups excluding tert-OH is 1. The molecule has 0 saturated carbocycles. The Kier molecular flexibility index (Phi) is 6.65. The SMILES string of the molecule is CCCCOCC(O)CSc1nnnn1-c1ccccc1. The van der Waals surface area contributed by atoms with Crippen LogP contribution in [0.2, 0.25) is 0 Å². The van der Waals surface area contributed by atoms with Crippen LogP contribution in [0.1, 0.15) is 19.8 Å². The standard InChI is InChI=1S/C14H20N4O2S/c1-2-3-9-20-10-13(19)11-21-14-15-16-17-18(14)12-7-5-4-6-8-12/h4-8,13,19H,2-3,9-11H2,1H3. The van der Waals surface area contributed by atoms with Gasteiger partial charge in [0.1, 0.15) is 0 Å². The zero-order chi connectivity index (χ0) is 14.9. The second kappa shape index (κ2) is 8.76. The Morgan fingerprint density at radius 2 is 2.14 bits per heavy atom. The monoisotopic (exact) mass is 308 g/mol. The molecule has 1 heterocycles. The number of aromatic nitrogens is 4. The van der Waals surface area contributed by atoms with Crippen LogP contribution in [0.25, 0.3) is 5.69 Å². The van der Waals surface area contributed by atoms with Crippen LogP contribution in [0.5, 0.6) is 0 Å². The van der Waals surface area contributed by atoms with Gasteiger partial charge >= 0.3 is 0 Å². The van der Waals surface area contributed by atoms with Gasteiger partial charge in [0, 0.05) is 12.4 Å². The maximum atomic E-state index is 9.89. The van der Waals surface area contributed by atoms with Gasteiger partial charge in [0.15, 0.2) is 0 Å². The molecule has 0 aliphatic heterocycles. The van der Waals surface area contributed by atoms with Crippen LogP contribution >= 0.6 is 11.8 Å². The summed E-state index contributed by atoms with van der Waals surface area (Å²) in [6, 6.07) is 9.68. The minimum absolute atomic E-state index is 0.347. The summed E-state index contributed by atoms with van der Waals surface area (Å²) < 4.78 is 7.06. The molecule has 0 radical (unpaired) electrons. The van der Waals surface area contributed by atoms with Gasteiger partial charge in [-0.3, -0.25) is 0 Å². The van der Waals surface area contributed by atoms with Crippen molar-refractivity contribution < 1.29 is 9.84 Å². The van der Waals surface area contributed by atoms with E-state index in [1.807, 2.05) is 30.3 Å². The van der Waals surface area contributed by atoms with E-state index in [1.54, 1.807) is 4.68 Å². The van der Waals surface area contributed by atoms with Crippen molar-refractivity contribution in [3.05, 3.63) is 30.3 Å². The topological polar surface area (TPSA) is 73.1 Å². The third-order valence-corrected chi connectivity index (χ3v) is 3.86. The zero-order valence-corrected chi connectivity index (χ0v) is 12.9. The number of aliphatic hydroxyl groups is 1. The Hall–Kier alpha value is -1.44. The van der Waals surface area contributed by atoms with E-state index in [0.717, 1.165) is 18.5 Å². The van der Waals surface area contributed by atoms with E-state index in [4.69, 9.17) is 4.74 Å². The number of thioether (sulfide) groups is 1. The third kappa shape index (κ3) is 5.11. The molecule has 0 fully saturated rings. The van der Waals surface area contributed by atoms with Crippen LogP contribution in [0.4, 0.5) is 0 Å². The van der Waals surface area contributed by atoms with Crippen LogP contribution in [0.3, 0.4) is 0 Å². The maximum absolute atomic E-state index is 9.89. The van der Waals surface area contributed by atoms with Gasteiger partial charge in [-0.25, -0.2) is 0 Å². The largest absolute Gasteiger partial charge is 0.390 e. The lowest BCUT2D eigenvalue weighted by Gasteiger charge is -2.10. The number of tetrazole rings is 1. The van der Waals surface area contributed by atoms with Gasteiger partial charge in [-0.05, 0) is 29.0 Å². The second-order valence-corrected chi connectivity index (χ2v) is 5.59. The van der Waals surface area contributed by atoms with E-state index in [2.05, 4.69) is 22.4 Å². The number of para-hydroxylation sites is 1. The smallest absolute Gasteiger partial charge is 0.214 e. The summed E-state index contributed by atoms with van der Waals surface area (Å²) in [5.74, 6) is 0.499. The summed E-state index contributed by atoms with van der Waals surface area (Å²) in [4.78, 5) is 0. The molecule has 0 aliphatic carbocycles. The third-order valence-electron chi connectivity index (χ3n) is 2.80. The van der Waals surface area contributed by atoms with Gasteiger partial charge in [0.05, 0.1) is 18.4 Å². The predicted octanol–water partition coefficient (Wildman–Crippen LogP) is 1.93. The Morgan fingerprint density at radius 1 is 1.33 bits per heavy atom. The van der Waals surface area contributed by atoms with Gasteiger partial charge < -0.3 is 9.84 Å². The highest BCUT2D eigenvalue weighted by Gasteiger charge is 2.12. The summed E-state index contributed by atoms with van der Waals surface area (Å²) in [7, 11) is 0. The van der Waals surface area contributed by atoms with Crippen LogP contribution in [-0.2, 0) is 4.74 Å². The number of hydrogen-bond donors (Lipinski definition) is 1. The molecule has 2 rings (SSSR count). The highest BCUT2D eigenvalue weighted by Crippen LogP contribution is 2.18. The molecule has 0 spiro atoms. The fraction of sp³-hybridized carbons (Fsp3) is 0.500. The summed E-state index contributed by atoms with van der Waals surface area (Å²) >= 11 is 1.42. The molecular formula is C14H20N4O2S. The minimum atomic E-state index is -0.521. The van der Waals surface area contributed by atoms with Crippen molar-refractivity contribution in [2.75, 3.05) is 19.0 Å². The van der Waals surface area contributed by atoms with Crippen LogP contribution < -0.4 is 0 Å². The van der Waals surface area contributed by atoms with E-state index in [0.29, 0.717) is 24.1 Å². The molecule has 0 amide bonds. The average molecular weight is 308 g/mol. The van der Waals surface area contributed by atoms with Crippen LogP contribution in [0.15, 0.2) is 35.5 Å². The number of nitrogens with zero attached hydrogens (tertiary/aromatic N) is 4.